The minimum absolute atomic E-state index is 0.343. The molecule has 70 valence electrons. The van der Waals surface area contributed by atoms with Gasteiger partial charge in [-0.2, -0.15) is 0 Å². The van der Waals surface area contributed by atoms with Crippen molar-refractivity contribution in [3.05, 3.63) is 24.4 Å². The Labute approximate surface area is 77.8 Å². The van der Waals surface area contributed by atoms with Crippen LogP contribution in [0.25, 0.3) is 0 Å². The van der Waals surface area contributed by atoms with Gasteiger partial charge in [-0.25, -0.2) is 4.98 Å². The molecule has 0 aliphatic heterocycles. The highest BCUT2D eigenvalue weighted by Gasteiger charge is 1.95. The molecule has 0 spiro atoms. The maximum Gasteiger partial charge on any atom is 0.309 e. The Morgan fingerprint density at radius 3 is 2.46 bits per heavy atom. The minimum Gasteiger partial charge on any atom is -0.408 e. The summed E-state index contributed by atoms with van der Waals surface area (Å²) in [4.78, 5) is 14.1. The molecule has 0 aromatic carbocycles. The molecule has 0 radical (unpaired) electrons. The Bertz CT molecular complexity index is 254. The predicted molar refractivity (Wildman–Crippen MR) is 49.4 cm³/mol. The summed E-state index contributed by atoms with van der Waals surface area (Å²) < 4.78 is 4.66. The molecule has 0 unspecified atom stereocenters. The van der Waals surface area contributed by atoms with E-state index in [0.29, 0.717) is 5.88 Å². The van der Waals surface area contributed by atoms with Gasteiger partial charge in [-0.15, -0.1) is 0 Å². The van der Waals surface area contributed by atoms with Gasteiger partial charge < -0.3 is 4.74 Å². The van der Waals surface area contributed by atoms with Gasteiger partial charge in [0, 0.05) is 19.2 Å². The number of esters is 1. The SMILES string of the molecule is C1CC1.CC(=O)Oc1ccccn1. The number of carbonyl (C=O) groups is 1. The molecule has 1 aromatic heterocycles. The molecule has 3 nitrogen and oxygen atoms in total. The van der Waals surface area contributed by atoms with Crippen molar-refractivity contribution in [2.75, 3.05) is 0 Å². The van der Waals surface area contributed by atoms with E-state index in [1.165, 1.54) is 26.2 Å². The third-order valence-electron chi connectivity index (χ3n) is 1.24. The molecule has 2 rings (SSSR count). The fraction of sp³-hybridized carbons (Fsp3) is 0.400. The fourth-order valence-corrected chi connectivity index (χ4v) is 0.555. The monoisotopic (exact) mass is 179 g/mol. The molecular formula is C10H13NO2. The number of rotatable bonds is 1. The second-order valence-electron chi connectivity index (χ2n) is 2.82. The lowest BCUT2D eigenvalue weighted by Gasteiger charge is -1.95. The van der Waals surface area contributed by atoms with Crippen molar-refractivity contribution in [2.24, 2.45) is 0 Å². The van der Waals surface area contributed by atoms with Crippen LogP contribution in [0.5, 0.6) is 5.88 Å². The third kappa shape index (κ3) is 5.84. The summed E-state index contributed by atoms with van der Waals surface area (Å²) in [6.07, 6.45) is 6.07. The second kappa shape index (κ2) is 5.30. The number of hydrogen-bond donors (Lipinski definition) is 0. The molecule has 1 aliphatic carbocycles. The van der Waals surface area contributed by atoms with E-state index >= 15 is 0 Å². The lowest BCUT2D eigenvalue weighted by molar-refractivity contribution is -0.132. The van der Waals surface area contributed by atoms with E-state index in [9.17, 15) is 4.79 Å². The lowest BCUT2D eigenvalue weighted by atomic mass is 10.5. The van der Waals surface area contributed by atoms with Gasteiger partial charge in [-0.1, -0.05) is 25.3 Å². The number of pyridine rings is 1. The molecular weight excluding hydrogens is 166 g/mol. The van der Waals surface area contributed by atoms with Crippen LogP contribution in [-0.2, 0) is 4.79 Å². The van der Waals surface area contributed by atoms with Crippen LogP contribution >= 0.6 is 0 Å². The van der Waals surface area contributed by atoms with E-state index in [0.717, 1.165) is 0 Å². The average molecular weight is 179 g/mol. The van der Waals surface area contributed by atoms with Crippen molar-refractivity contribution in [3.63, 3.8) is 0 Å². The van der Waals surface area contributed by atoms with Gasteiger partial charge in [0.2, 0.25) is 5.88 Å². The van der Waals surface area contributed by atoms with Crippen LogP contribution in [0.2, 0.25) is 0 Å². The van der Waals surface area contributed by atoms with Crippen LogP contribution in [0.15, 0.2) is 24.4 Å². The zero-order valence-electron chi connectivity index (χ0n) is 7.69. The Balaban J connectivity index is 0.000000236. The largest absolute Gasteiger partial charge is 0.408 e. The first-order chi connectivity index (χ1) is 6.29. The van der Waals surface area contributed by atoms with Crippen molar-refractivity contribution >= 4 is 5.97 Å². The van der Waals surface area contributed by atoms with Gasteiger partial charge in [-0.05, 0) is 6.07 Å². The molecule has 1 aliphatic rings. The van der Waals surface area contributed by atoms with Crippen molar-refractivity contribution in [1.82, 2.24) is 4.98 Å². The van der Waals surface area contributed by atoms with Crippen molar-refractivity contribution in [2.45, 2.75) is 26.2 Å². The quantitative estimate of drug-likeness (QED) is 0.620. The van der Waals surface area contributed by atoms with E-state index in [1.54, 1.807) is 24.4 Å². The minimum atomic E-state index is -0.348. The van der Waals surface area contributed by atoms with Gasteiger partial charge in [0.1, 0.15) is 0 Å². The van der Waals surface area contributed by atoms with Crippen LogP contribution in [-0.4, -0.2) is 11.0 Å². The van der Waals surface area contributed by atoms with Gasteiger partial charge in [0.15, 0.2) is 0 Å². The standard InChI is InChI=1S/C7H7NO2.C3H6/c1-6(9)10-7-4-2-3-5-8-7;1-2-3-1/h2-5H,1H3;1-3H2. The maximum absolute atomic E-state index is 10.4. The molecule has 0 saturated heterocycles. The van der Waals surface area contributed by atoms with Crippen LogP contribution in [0.1, 0.15) is 26.2 Å². The van der Waals surface area contributed by atoms with Crippen LogP contribution in [0, 0.1) is 0 Å². The molecule has 3 heteroatoms. The third-order valence-corrected chi connectivity index (χ3v) is 1.24. The second-order valence-corrected chi connectivity index (χ2v) is 2.82. The van der Waals surface area contributed by atoms with E-state index in [2.05, 4.69) is 9.72 Å². The summed E-state index contributed by atoms with van der Waals surface area (Å²) in [7, 11) is 0. The van der Waals surface area contributed by atoms with E-state index in [4.69, 9.17) is 0 Å². The topological polar surface area (TPSA) is 39.2 Å². The molecule has 1 heterocycles. The van der Waals surface area contributed by atoms with Gasteiger partial charge in [0.25, 0.3) is 0 Å². The first kappa shape index (κ1) is 9.71. The molecule has 13 heavy (non-hydrogen) atoms. The smallest absolute Gasteiger partial charge is 0.309 e. The van der Waals surface area contributed by atoms with Crippen LogP contribution in [0.3, 0.4) is 0 Å². The number of nitrogens with zero attached hydrogens (tertiary/aromatic N) is 1. The van der Waals surface area contributed by atoms with Gasteiger partial charge >= 0.3 is 5.97 Å². The molecule has 0 N–H and O–H groups in total. The molecule has 0 atom stereocenters. The maximum atomic E-state index is 10.4. The molecule has 1 fully saturated rings. The summed E-state index contributed by atoms with van der Waals surface area (Å²) >= 11 is 0. The van der Waals surface area contributed by atoms with Gasteiger partial charge in [0.05, 0.1) is 0 Å². The Morgan fingerprint density at radius 2 is 2.08 bits per heavy atom. The number of ether oxygens (including phenoxy) is 1. The normalized spacial score (nSPS) is 12.4. The first-order valence-electron chi connectivity index (χ1n) is 4.38. The van der Waals surface area contributed by atoms with E-state index in [1.807, 2.05) is 0 Å². The number of carbonyl (C=O) groups excluding carboxylic acids is 1. The molecule has 1 saturated carbocycles. The summed E-state index contributed by atoms with van der Waals surface area (Å²) in [6, 6.07) is 5.14. The highest BCUT2D eigenvalue weighted by molar-refractivity contribution is 5.68. The van der Waals surface area contributed by atoms with Gasteiger partial charge in [-0.3, -0.25) is 4.79 Å². The molecule has 0 bridgehead atoms. The fourth-order valence-electron chi connectivity index (χ4n) is 0.555. The summed E-state index contributed by atoms with van der Waals surface area (Å²) in [6.45, 7) is 1.34. The zero-order chi connectivity index (χ0) is 9.52. The highest BCUT2D eigenvalue weighted by Crippen LogP contribution is 2.14. The molecule has 0 amide bonds. The van der Waals surface area contributed by atoms with E-state index in [-0.39, 0.29) is 5.97 Å². The lowest BCUT2D eigenvalue weighted by Crippen LogP contribution is -2.02. The van der Waals surface area contributed by atoms with Crippen LogP contribution < -0.4 is 4.74 Å². The Hall–Kier alpha value is -1.38. The van der Waals surface area contributed by atoms with Crippen molar-refractivity contribution in [3.8, 4) is 5.88 Å². The summed E-state index contributed by atoms with van der Waals surface area (Å²) in [5.41, 5.74) is 0. The zero-order valence-corrected chi connectivity index (χ0v) is 7.69. The number of hydrogen-bond acceptors (Lipinski definition) is 3. The Morgan fingerprint density at radius 1 is 1.38 bits per heavy atom. The van der Waals surface area contributed by atoms with Crippen LogP contribution in [0.4, 0.5) is 0 Å². The summed E-state index contributed by atoms with van der Waals surface area (Å²) in [5, 5.41) is 0. The molecule has 1 aromatic rings. The van der Waals surface area contributed by atoms with Crippen molar-refractivity contribution < 1.29 is 9.53 Å². The highest BCUT2D eigenvalue weighted by atomic mass is 16.5. The Kier molecular flexibility index (Phi) is 3.96. The van der Waals surface area contributed by atoms with E-state index < -0.39 is 0 Å². The average Bonchev–Trinajstić information content (AvgIpc) is 2.90. The number of aromatic nitrogens is 1. The van der Waals surface area contributed by atoms with Crippen molar-refractivity contribution in [1.29, 1.82) is 0 Å². The summed E-state index contributed by atoms with van der Waals surface area (Å²) in [5.74, 6) is -0.00583. The predicted octanol–water partition coefficient (Wildman–Crippen LogP) is 2.18. The first-order valence-corrected chi connectivity index (χ1v) is 4.38.